The number of furan rings is 1. The molecule has 2 aromatic heterocycles. The average molecular weight is 365 g/mol. The number of nitrogens with zero attached hydrogens (tertiary/aromatic N) is 3. The third-order valence-electron chi connectivity index (χ3n) is 3.98. The zero-order valence-corrected chi connectivity index (χ0v) is 15.1. The first-order valence-electron chi connectivity index (χ1n) is 7.79. The van der Waals surface area contributed by atoms with Gasteiger partial charge in [-0.05, 0) is 6.07 Å². The molecule has 0 atom stereocenters. The molecule has 0 saturated carbocycles. The van der Waals surface area contributed by atoms with Crippen LogP contribution in [0.3, 0.4) is 0 Å². The van der Waals surface area contributed by atoms with Crippen molar-refractivity contribution in [2.24, 2.45) is 0 Å². The minimum absolute atomic E-state index is 0.0377. The highest BCUT2D eigenvalue weighted by Crippen LogP contribution is 2.41. The van der Waals surface area contributed by atoms with Crippen LogP contribution < -0.4 is 25.5 Å². The first-order chi connectivity index (χ1) is 13.0. The predicted octanol–water partition coefficient (Wildman–Crippen LogP) is 1.05. The zero-order valence-electron chi connectivity index (χ0n) is 15.1. The number of methoxy groups -OCH3 is 2. The second-order valence-corrected chi connectivity index (χ2v) is 5.80. The van der Waals surface area contributed by atoms with Crippen molar-refractivity contribution in [3.05, 3.63) is 33.2 Å². The minimum Gasteiger partial charge on any atom is -0.495 e. The maximum atomic E-state index is 12.7. The first kappa shape index (κ1) is 17.9. The summed E-state index contributed by atoms with van der Waals surface area (Å²) in [5, 5.41) is 20.0. The van der Waals surface area contributed by atoms with Crippen molar-refractivity contribution in [2.75, 3.05) is 28.3 Å². The van der Waals surface area contributed by atoms with Crippen LogP contribution in [-0.2, 0) is 0 Å². The van der Waals surface area contributed by atoms with E-state index in [-0.39, 0.29) is 32.7 Å². The second kappa shape index (κ2) is 6.77. The van der Waals surface area contributed by atoms with Crippen molar-refractivity contribution in [1.29, 1.82) is 10.5 Å². The van der Waals surface area contributed by atoms with E-state index < -0.39 is 5.63 Å². The van der Waals surface area contributed by atoms with Gasteiger partial charge in [0.2, 0.25) is 5.75 Å². The van der Waals surface area contributed by atoms with Crippen molar-refractivity contribution in [3.8, 4) is 23.6 Å². The number of hydrogen-bond donors (Lipinski definition) is 0. The van der Waals surface area contributed by atoms with E-state index in [4.69, 9.17) is 18.3 Å². The van der Waals surface area contributed by atoms with E-state index in [1.54, 1.807) is 25.1 Å². The highest BCUT2D eigenvalue weighted by molar-refractivity contribution is 6.07. The maximum Gasteiger partial charge on any atom is 0.345 e. The van der Waals surface area contributed by atoms with Gasteiger partial charge in [-0.15, -0.1) is 0 Å². The van der Waals surface area contributed by atoms with Crippen LogP contribution >= 0.6 is 0 Å². The lowest BCUT2D eigenvalue weighted by molar-refractivity contribution is 0.397. The number of hydrogen-bond acceptors (Lipinski definition) is 8. The Kier molecular flexibility index (Phi) is 4.49. The smallest absolute Gasteiger partial charge is 0.345 e. The quantitative estimate of drug-likeness (QED) is 0.633. The molecule has 0 fully saturated rings. The molecule has 1 aromatic carbocycles. The number of rotatable bonds is 3. The molecule has 0 N–H and O–H groups in total. The van der Waals surface area contributed by atoms with Gasteiger partial charge in [0.1, 0.15) is 23.5 Å². The molecule has 0 unspecified atom stereocenters. The van der Waals surface area contributed by atoms with Gasteiger partial charge in [0.25, 0.3) is 0 Å². The summed E-state index contributed by atoms with van der Waals surface area (Å²) in [7, 11) is 6.27. The Hall–Kier alpha value is -3.91. The van der Waals surface area contributed by atoms with Crippen molar-refractivity contribution in [3.63, 3.8) is 0 Å². The van der Waals surface area contributed by atoms with E-state index in [0.29, 0.717) is 16.7 Å². The van der Waals surface area contributed by atoms with Crippen LogP contribution in [0.5, 0.6) is 11.5 Å². The molecule has 27 heavy (non-hydrogen) atoms. The summed E-state index contributed by atoms with van der Waals surface area (Å²) in [4.78, 5) is 14.3. The van der Waals surface area contributed by atoms with Gasteiger partial charge in [-0.3, -0.25) is 0 Å². The Morgan fingerprint density at radius 1 is 1.15 bits per heavy atom. The van der Waals surface area contributed by atoms with Crippen LogP contribution in [0.4, 0.5) is 0 Å². The normalized spacial score (nSPS) is 11.3. The van der Waals surface area contributed by atoms with E-state index in [1.807, 2.05) is 12.1 Å². The number of ether oxygens (including phenoxy) is 2. The fraction of sp³-hybridized carbons (Fsp3) is 0.211. The molecule has 0 bridgehead atoms. The molecule has 2 heterocycles. The molecule has 3 aromatic rings. The zero-order chi connectivity index (χ0) is 19.7. The summed E-state index contributed by atoms with van der Waals surface area (Å²) in [5.41, 5.74) is -0.601. The molecular formula is C19H15N3O5. The number of benzene rings is 1. The van der Waals surface area contributed by atoms with Crippen LogP contribution in [0.15, 0.2) is 26.0 Å². The fourth-order valence-corrected chi connectivity index (χ4v) is 3.00. The Labute approximate surface area is 153 Å². The van der Waals surface area contributed by atoms with Crippen LogP contribution in [0.2, 0.25) is 0 Å². The third-order valence-corrected chi connectivity index (χ3v) is 3.98. The molecule has 0 aliphatic carbocycles. The van der Waals surface area contributed by atoms with Gasteiger partial charge in [-0.2, -0.15) is 10.5 Å². The van der Waals surface area contributed by atoms with Crippen LogP contribution in [-0.4, -0.2) is 33.2 Å². The summed E-state index contributed by atoms with van der Waals surface area (Å²) in [6.45, 7) is 0. The fourth-order valence-electron chi connectivity index (χ4n) is 3.00. The average Bonchev–Trinajstić information content (AvgIpc) is 3.12. The van der Waals surface area contributed by atoms with Crippen molar-refractivity contribution in [2.45, 2.75) is 0 Å². The summed E-state index contributed by atoms with van der Waals surface area (Å²) in [6, 6.07) is 5.36. The number of fused-ring (bicyclic) bond motifs is 2. The summed E-state index contributed by atoms with van der Waals surface area (Å²) in [6.07, 6.45) is 2.93. The van der Waals surface area contributed by atoms with Crippen molar-refractivity contribution >= 4 is 33.7 Å². The predicted molar refractivity (Wildman–Crippen MR) is 97.4 cm³/mol. The molecular weight excluding hydrogens is 350 g/mol. The summed E-state index contributed by atoms with van der Waals surface area (Å²) in [5.74, 6) is 0.487. The standard InChI is InChI=1S/C19H15N3O5/c1-22(2)9-12-13(10(7-20)8-21)14-15(24-3)11-5-6-26-16(11)18(25-4)17(14)27-19(12)23/h5-6,9H,1-4H3/b12-9-. The molecule has 0 radical (unpaired) electrons. The lowest BCUT2D eigenvalue weighted by Gasteiger charge is -2.12. The van der Waals surface area contributed by atoms with Gasteiger partial charge in [-0.25, -0.2) is 4.79 Å². The Balaban J connectivity index is 2.89. The molecule has 0 aliphatic heterocycles. The highest BCUT2D eigenvalue weighted by atomic mass is 16.5. The number of nitriles is 2. The molecule has 136 valence electrons. The first-order valence-corrected chi connectivity index (χ1v) is 7.79. The molecule has 0 amide bonds. The molecule has 0 saturated heterocycles. The van der Waals surface area contributed by atoms with Crippen molar-refractivity contribution in [1.82, 2.24) is 4.90 Å². The SMILES string of the molecule is COc1c2occc2c(OC)c2c(=C(C#N)C#N)/c(=C/N(C)C)c(=O)oc12. The van der Waals surface area contributed by atoms with E-state index in [0.717, 1.165) is 0 Å². The molecule has 0 aliphatic rings. The largest absolute Gasteiger partial charge is 0.495 e. The summed E-state index contributed by atoms with van der Waals surface area (Å²) < 4.78 is 21.9. The second-order valence-electron chi connectivity index (χ2n) is 5.80. The molecule has 8 heteroatoms. The van der Waals surface area contributed by atoms with Crippen LogP contribution in [0.1, 0.15) is 0 Å². The van der Waals surface area contributed by atoms with Gasteiger partial charge in [0.05, 0.1) is 36.5 Å². The van der Waals surface area contributed by atoms with Gasteiger partial charge in [0, 0.05) is 25.5 Å². The Bertz CT molecular complexity index is 1300. The van der Waals surface area contributed by atoms with Crippen LogP contribution in [0.25, 0.3) is 33.7 Å². The monoisotopic (exact) mass is 365 g/mol. The van der Waals surface area contributed by atoms with E-state index in [2.05, 4.69) is 0 Å². The van der Waals surface area contributed by atoms with E-state index >= 15 is 0 Å². The van der Waals surface area contributed by atoms with E-state index in [1.165, 1.54) is 26.7 Å². The maximum absolute atomic E-state index is 12.7. The van der Waals surface area contributed by atoms with Crippen LogP contribution in [0, 0.1) is 22.7 Å². The Morgan fingerprint density at radius 3 is 2.37 bits per heavy atom. The third kappa shape index (κ3) is 2.64. The topological polar surface area (TPSA) is 113 Å². The molecule has 3 rings (SSSR count). The van der Waals surface area contributed by atoms with Gasteiger partial charge >= 0.3 is 5.63 Å². The lowest BCUT2D eigenvalue weighted by atomic mass is 10.0. The van der Waals surface area contributed by atoms with Crippen molar-refractivity contribution < 1.29 is 18.3 Å². The van der Waals surface area contributed by atoms with E-state index in [9.17, 15) is 15.3 Å². The lowest BCUT2D eigenvalue weighted by Crippen LogP contribution is -2.41. The molecule has 0 spiro atoms. The van der Waals surface area contributed by atoms with Gasteiger partial charge < -0.3 is 23.2 Å². The minimum atomic E-state index is -0.722. The summed E-state index contributed by atoms with van der Waals surface area (Å²) >= 11 is 0. The molecule has 8 nitrogen and oxygen atoms in total. The highest BCUT2D eigenvalue weighted by Gasteiger charge is 2.23. The Morgan fingerprint density at radius 2 is 1.81 bits per heavy atom. The van der Waals surface area contributed by atoms with Gasteiger partial charge in [0.15, 0.2) is 11.2 Å². The van der Waals surface area contributed by atoms with Gasteiger partial charge in [-0.1, -0.05) is 0 Å².